The van der Waals surface area contributed by atoms with Gasteiger partial charge in [0.05, 0.1) is 0 Å². The van der Waals surface area contributed by atoms with Crippen LogP contribution in [-0.2, 0) is 6.42 Å². The van der Waals surface area contributed by atoms with Gasteiger partial charge in [-0.2, -0.15) is 0 Å². The van der Waals surface area contributed by atoms with Gasteiger partial charge in [-0.05, 0) is 30.5 Å². The number of carbonyl (C=O) groups excluding carboxylic acids is 1. The molecule has 1 nitrogen and oxygen atoms in total. The average molecular weight is 253 g/mol. The Morgan fingerprint density at radius 3 is 3.00 bits per heavy atom. The minimum Gasteiger partial charge on any atom is -0.294 e. The average Bonchev–Trinajstić information content (AvgIpc) is 2.44. The van der Waals surface area contributed by atoms with Gasteiger partial charge in [-0.3, -0.25) is 4.79 Å². The molecule has 1 aliphatic rings. The Kier molecular flexibility index (Phi) is 2.73. The van der Waals surface area contributed by atoms with Crippen LogP contribution in [0.5, 0.6) is 0 Å². The van der Waals surface area contributed by atoms with Crippen LogP contribution in [-0.4, -0.2) is 5.78 Å². The maximum atomic E-state index is 11.9. The molecule has 0 bridgehead atoms. The first kappa shape index (κ1) is 9.91. The van der Waals surface area contributed by atoms with Crippen LogP contribution < -0.4 is 0 Å². The number of Topliss-reactive ketones (excluding diaryl/α,β-unsaturated/α-hetero) is 1. The van der Waals surface area contributed by atoms with Crippen molar-refractivity contribution in [3.05, 3.63) is 33.8 Å². The van der Waals surface area contributed by atoms with E-state index in [1.807, 2.05) is 12.1 Å². The molecule has 0 saturated heterocycles. The zero-order valence-electron chi connectivity index (χ0n) is 8.22. The molecule has 1 aromatic carbocycles. The van der Waals surface area contributed by atoms with E-state index in [9.17, 15) is 4.79 Å². The molecular weight excluding hydrogens is 240 g/mol. The number of rotatable bonds is 2. The van der Waals surface area contributed by atoms with E-state index in [1.165, 1.54) is 5.56 Å². The zero-order chi connectivity index (χ0) is 10.1. The first-order valence-electron chi connectivity index (χ1n) is 5.05. The van der Waals surface area contributed by atoms with Crippen LogP contribution in [0.2, 0.25) is 0 Å². The first-order valence-corrected chi connectivity index (χ1v) is 5.84. The molecule has 0 amide bonds. The van der Waals surface area contributed by atoms with E-state index in [-0.39, 0.29) is 5.92 Å². The van der Waals surface area contributed by atoms with Gasteiger partial charge in [0.1, 0.15) is 0 Å². The van der Waals surface area contributed by atoms with Crippen molar-refractivity contribution >= 4 is 21.7 Å². The molecule has 0 spiro atoms. The van der Waals surface area contributed by atoms with E-state index in [0.29, 0.717) is 5.78 Å². The van der Waals surface area contributed by atoms with Gasteiger partial charge in [0.25, 0.3) is 0 Å². The highest BCUT2D eigenvalue weighted by Gasteiger charge is 2.29. The Hall–Kier alpha value is -0.630. The third-order valence-corrected chi connectivity index (χ3v) is 3.30. The van der Waals surface area contributed by atoms with Crippen molar-refractivity contribution in [2.75, 3.05) is 0 Å². The van der Waals surface area contributed by atoms with Gasteiger partial charge in [0, 0.05) is 16.0 Å². The van der Waals surface area contributed by atoms with Crippen LogP contribution in [0.3, 0.4) is 0 Å². The highest BCUT2D eigenvalue weighted by molar-refractivity contribution is 9.10. The largest absolute Gasteiger partial charge is 0.294 e. The predicted molar refractivity (Wildman–Crippen MR) is 60.6 cm³/mol. The molecule has 0 saturated carbocycles. The van der Waals surface area contributed by atoms with E-state index in [4.69, 9.17) is 0 Å². The second kappa shape index (κ2) is 3.85. The first-order chi connectivity index (χ1) is 6.72. The number of hydrogen-bond donors (Lipinski definition) is 0. The Morgan fingerprint density at radius 1 is 1.50 bits per heavy atom. The fourth-order valence-electron chi connectivity index (χ4n) is 2.13. The number of benzene rings is 1. The van der Waals surface area contributed by atoms with Crippen LogP contribution >= 0.6 is 15.9 Å². The molecule has 0 heterocycles. The van der Waals surface area contributed by atoms with E-state index < -0.39 is 0 Å². The van der Waals surface area contributed by atoms with Crippen molar-refractivity contribution in [3.63, 3.8) is 0 Å². The minimum absolute atomic E-state index is 0.240. The van der Waals surface area contributed by atoms with Gasteiger partial charge >= 0.3 is 0 Å². The van der Waals surface area contributed by atoms with Crippen molar-refractivity contribution in [2.45, 2.75) is 26.2 Å². The lowest BCUT2D eigenvalue weighted by Crippen LogP contribution is -2.07. The van der Waals surface area contributed by atoms with E-state index in [1.54, 1.807) is 0 Å². The van der Waals surface area contributed by atoms with Crippen LogP contribution in [0.15, 0.2) is 22.7 Å². The number of hydrogen-bond acceptors (Lipinski definition) is 1. The number of halogens is 1. The summed E-state index contributed by atoms with van der Waals surface area (Å²) in [6.45, 7) is 2.13. The van der Waals surface area contributed by atoms with Gasteiger partial charge < -0.3 is 0 Å². The monoisotopic (exact) mass is 252 g/mol. The van der Waals surface area contributed by atoms with Crippen LogP contribution in [0.4, 0.5) is 0 Å². The molecule has 1 unspecified atom stereocenters. The summed E-state index contributed by atoms with van der Waals surface area (Å²) in [5.74, 6) is 0.582. The molecule has 0 fully saturated rings. The topological polar surface area (TPSA) is 17.1 Å². The van der Waals surface area contributed by atoms with Crippen LogP contribution in [0.25, 0.3) is 0 Å². The molecule has 0 radical (unpaired) electrons. The third kappa shape index (κ3) is 1.63. The smallest absolute Gasteiger partial charge is 0.166 e. The summed E-state index contributed by atoms with van der Waals surface area (Å²) in [4.78, 5) is 11.9. The van der Waals surface area contributed by atoms with Crippen molar-refractivity contribution in [1.29, 1.82) is 0 Å². The van der Waals surface area contributed by atoms with Gasteiger partial charge in [0.2, 0.25) is 0 Å². The Labute approximate surface area is 92.6 Å². The number of fused-ring (bicyclic) bond motifs is 1. The Balaban J connectivity index is 2.31. The molecule has 0 aliphatic heterocycles. The maximum absolute atomic E-state index is 11.9. The fraction of sp³-hybridized carbons (Fsp3) is 0.417. The quantitative estimate of drug-likeness (QED) is 0.786. The van der Waals surface area contributed by atoms with E-state index in [2.05, 4.69) is 28.9 Å². The summed E-state index contributed by atoms with van der Waals surface area (Å²) < 4.78 is 1.07. The maximum Gasteiger partial charge on any atom is 0.166 e. The van der Waals surface area contributed by atoms with E-state index >= 15 is 0 Å². The van der Waals surface area contributed by atoms with Crippen LogP contribution in [0, 0.1) is 5.92 Å². The summed E-state index contributed by atoms with van der Waals surface area (Å²) in [6, 6.07) is 5.96. The van der Waals surface area contributed by atoms with Crippen molar-refractivity contribution in [3.8, 4) is 0 Å². The standard InChI is InChI=1S/C12H13BrO/c1-2-3-8-6-9-7-10(13)4-5-11(9)12(8)14/h4-5,7-8H,2-3,6H2,1H3. The van der Waals surface area contributed by atoms with Crippen molar-refractivity contribution in [2.24, 2.45) is 5.92 Å². The predicted octanol–water partition coefficient (Wildman–Crippen LogP) is 3.60. The molecule has 14 heavy (non-hydrogen) atoms. The fourth-order valence-corrected chi connectivity index (χ4v) is 2.54. The Morgan fingerprint density at radius 2 is 2.29 bits per heavy atom. The van der Waals surface area contributed by atoms with Crippen molar-refractivity contribution in [1.82, 2.24) is 0 Å². The Bertz CT molecular complexity index is 371. The summed E-state index contributed by atoms with van der Waals surface area (Å²) in [6.07, 6.45) is 3.04. The highest BCUT2D eigenvalue weighted by Crippen LogP contribution is 2.31. The zero-order valence-corrected chi connectivity index (χ0v) is 9.80. The molecule has 1 atom stereocenters. The molecule has 2 rings (SSSR count). The lowest BCUT2D eigenvalue weighted by molar-refractivity contribution is 0.0930. The number of carbonyl (C=O) groups is 1. The molecular formula is C12H13BrO. The lowest BCUT2D eigenvalue weighted by Gasteiger charge is -2.03. The second-order valence-corrected chi connectivity index (χ2v) is 4.77. The van der Waals surface area contributed by atoms with Gasteiger partial charge in [-0.25, -0.2) is 0 Å². The van der Waals surface area contributed by atoms with Gasteiger partial charge in [-0.1, -0.05) is 35.3 Å². The highest BCUT2D eigenvalue weighted by atomic mass is 79.9. The third-order valence-electron chi connectivity index (χ3n) is 2.81. The molecule has 2 heteroatoms. The minimum atomic E-state index is 0.240. The molecule has 1 aromatic rings. The van der Waals surface area contributed by atoms with Gasteiger partial charge in [-0.15, -0.1) is 0 Å². The normalized spacial score (nSPS) is 19.9. The van der Waals surface area contributed by atoms with Gasteiger partial charge in [0.15, 0.2) is 5.78 Å². The SMILES string of the molecule is CCCC1Cc2cc(Br)ccc2C1=O. The molecule has 0 N–H and O–H groups in total. The summed E-state index contributed by atoms with van der Waals surface area (Å²) in [7, 11) is 0. The summed E-state index contributed by atoms with van der Waals surface area (Å²) in [5.41, 5.74) is 2.15. The molecule has 1 aliphatic carbocycles. The second-order valence-electron chi connectivity index (χ2n) is 3.86. The summed E-state index contributed by atoms with van der Waals surface area (Å²) in [5, 5.41) is 0. The molecule has 74 valence electrons. The van der Waals surface area contributed by atoms with Crippen LogP contribution in [0.1, 0.15) is 35.7 Å². The van der Waals surface area contributed by atoms with Crippen molar-refractivity contribution < 1.29 is 4.79 Å². The van der Waals surface area contributed by atoms with E-state index in [0.717, 1.165) is 29.3 Å². The number of ketones is 1. The lowest BCUT2D eigenvalue weighted by atomic mass is 10.00. The molecule has 0 aromatic heterocycles. The summed E-state index contributed by atoms with van der Waals surface area (Å²) >= 11 is 3.43.